The van der Waals surface area contributed by atoms with Crippen molar-refractivity contribution in [3.63, 3.8) is 0 Å². The number of ether oxygens (including phenoxy) is 1. The number of aliphatic carboxylic acids is 1. The Bertz CT molecular complexity index is 1220. The summed E-state index contributed by atoms with van der Waals surface area (Å²) in [5, 5.41) is 28.2. The molecule has 0 radical (unpaired) electrons. The van der Waals surface area contributed by atoms with Crippen molar-refractivity contribution in [3.8, 4) is 0 Å². The van der Waals surface area contributed by atoms with E-state index in [1.54, 1.807) is 26.2 Å². The molecule has 2 aromatic rings. The molecule has 0 aromatic carbocycles. The third-order valence-corrected chi connectivity index (χ3v) is 8.79. The summed E-state index contributed by atoms with van der Waals surface area (Å²) in [4.78, 5) is 60.7. The number of aromatic amines is 1. The van der Waals surface area contributed by atoms with Crippen LogP contribution in [-0.2, 0) is 28.8 Å². The molecular weight excluding hydrogens is 558 g/mol. The van der Waals surface area contributed by atoms with Crippen molar-refractivity contribution in [2.24, 2.45) is 10.6 Å². The summed E-state index contributed by atoms with van der Waals surface area (Å²) >= 11 is 3.75. The number of aromatic nitrogens is 4. The molecule has 0 bridgehead atoms. The summed E-state index contributed by atoms with van der Waals surface area (Å²) in [6, 6.07) is -0.878. The van der Waals surface area contributed by atoms with Crippen molar-refractivity contribution < 1.29 is 33.9 Å². The average Bonchev–Trinajstić information content (AvgIpc) is 3.57. The molecule has 2 fully saturated rings. The Morgan fingerprint density at radius 2 is 2.18 bits per heavy atom. The monoisotopic (exact) mass is 583 g/mol. The molecule has 3 atom stereocenters. The summed E-state index contributed by atoms with van der Waals surface area (Å²) in [6.07, 6.45) is 1.50. The third-order valence-electron chi connectivity index (χ3n) is 5.42. The molecule has 4 rings (SSSR count). The smallest absolute Gasteiger partial charge is 0.347 e. The van der Waals surface area contributed by atoms with E-state index in [0.29, 0.717) is 5.03 Å². The number of esters is 1. The predicted octanol–water partition coefficient (Wildman–Crippen LogP) is 0.587. The highest BCUT2D eigenvalue weighted by molar-refractivity contribution is 8.00. The van der Waals surface area contributed by atoms with Gasteiger partial charge in [-0.2, -0.15) is 10.3 Å². The third kappa shape index (κ3) is 6.27. The number of thiazole rings is 1. The fourth-order valence-corrected chi connectivity index (χ4v) is 6.82. The molecule has 3 N–H and O–H groups in total. The van der Waals surface area contributed by atoms with Crippen LogP contribution in [0, 0.1) is 5.41 Å². The Kier molecular flexibility index (Phi) is 8.27. The van der Waals surface area contributed by atoms with E-state index in [1.807, 2.05) is 0 Å². The summed E-state index contributed by atoms with van der Waals surface area (Å²) in [5.41, 5.74) is -0.377. The minimum absolute atomic E-state index is 0.00207. The molecular formula is C21H25N7O7S3. The molecule has 17 heteroatoms. The van der Waals surface area contributed by atoms with E-state index < -0.39 is 52.8 Å². The van der Waals surface area contributed by atoms with Gasteiger partial charge in [0, 0.05) is 23.4 Å². The number of fused-ring (bicyclic) bond motifs is 1. The van der Waals surface area contributed by atoms with Crippen molar-refractivity contribution in [3.05, 3.63) is 22.8 Å². The molecule has 2 aliphatic heterocycles. The summed E-state index contributed by atoms with van der Waals surface area (Å²) in [6.45, 7) is 4.61. The van der Waals surface area contributed by atoms with Crippen LogP contribution in [0.25, 0.3) is 0 Å². The van der Waals surface area contributed by atoms with E-state index in [4.69, 9.17) is 9.57 Å². The van der Waals surface area contributed by atoms with Crippen molar-refractivity contribution in [1.82, 2.24) is 30.6 Å². The van der Waals surface area contributed by atoms with Crippen LogP contribution >= 0.6 is 34.9 Å². The predicted molar refractivity (Wildman–Crippen MR) is 138 cm³/mol. The highest BCUT2D eigenvalue weighted by Gasteiger charge is 2.57. The lowest BCUT2D eigenvalue weighted by atomic mass is 9.89. The number of thioether (sulfide) groups is 2. The van der Waals surface area contributed by atoms with Crippen molar-refractivity contribution >= 4 is 64.3 Å². The van der Waals surface area contributed by atoms with Crippen LogP contribution in [0.5, 0.6) is 0 Å². The van der Waals surface area contributed by atoms with Gasteiger partial charge in [-0.3, -0.25) is 14.4 Å². The van der Waals surface area contributed by atoms with Gasteiger partial charge in [0.05, 0.1) is 11.7 Å². The van der Waals surface area contributed by atoms with E-state index in [9.17, 15) is 24.3 Å². The molecule has 2 aliphatic rings. The molecule has 2 saturated heterocycles. The second kappa shape index (κ2) is 11.3. The number of nitrogens with zero attached hydrogens (tertiary/aromatic N) is 5. The number of carboxylic acid groups (broad SMARTS) is 1. The molecule has 4 heterocycles. The maximum Gasteiger partial charge on any atom is 0.347 e. The quantitative estimate of drug-likeness (QED) is 0.116. The minimum atomic E-state index is -1.18. The van der Waals surface area contributed by atoms with Gasteiger partial charge in [-0.05, 0) is 20.8 Å². The van der Waals surface area contributed by atoms with E-state index in [0.717, 1.165) is 0 Å². The van der Waals surface area contributed by atoms with Gasteiger partial charge in [0.15, 0.2) is 5.71 Å². The van der Waals surface area contributed by atoms with Crippen LogP contribution in [0.2, 0.25) is 0 Å². The Balaban J connectivity index is 1.39. The van der Waals surface area contributed by atoms with Gasteiger partial charge in [-0.15, -0.1) is 40.0 Å². The molecule has 2 amide bonds. The van der Waals surface area contributed by atoms with E-state index in [2.05, 4.69) is 30.9 Å². The number of amides is 2. The first-order valence-electron chi connectivity index (χ1n) is 11.2. The molecule has 2 unspecified atom stereocenters. The Labute approximate surface area is 229 Å². The van der Waals surface area contributed by atoms with Gasteiger partial charge in [0.25, 0.3) is 5.91 Å². The normalized spacial score (nSPS) is 23.3. The fraction of sp³-hybridized carbons (Fsp3) is 0.524. The molecule has 38 heavy (non-hydrogen) atoms. The SMILES string of the molecule is CC(C)(C)OC(=O)CON=C(C(=O)NC1C(=O)N2CC(CSc3cn[nH]n3)(C(=O)O)CS[C@H]12)c1cscn1. The number of carbonyl (C=O) groups excluding carboxylic acids is 3. The van der Waals surface area contributed by atoms with Crippen LogP contribution < -0.4 is 5.32 Å². The number of hydrogen-bond donors (Lipinski definition) is 3. The molecule has 0 aliphatic carbocycles. The maximum atomic E-state index is 13.1. The minimum Gasteiger partial charge on any atom is -0.481 e. The largest absolute Gasteiger partial charge is 0.481 e. The highest BCUT2D eigenvalue weighted by atomic mass is 32.2. The maximum absolute atomic E-state index is 13.1. The lowest BCUT2D eigenvalue weighted by Gasteiger charge is -2.53. The first kappa shape index (κ1) is 27.8. The highest BCUT2D eigenvalue weighted by Crippen LogP contribution is 2.44. The van der Waals surface area contributed by atoms with Crippen molar-refractivity contribution in [1.29, 1.82) is 0 Å². The van der Waals surface area contributed by atoms with Crippen LogP contribution in [0.15, 0.2) is 27.3 Å². The Morgan fingerprint density at radius 3 is 2.82 bits per heavy atom. The molecule has 204 valence electrons. The molecule has 0 saturated carbocycles. The second-order valence-corrected chi connectivity index (χ2v) is 12.3. The number of β-lactam (4-membered cyclic amide) rings is 1. The number of rotatable bonds is 10. The van der Waals surface area contributed by atoms with Gasteiger partial charge >= 0.3 is 11.9 Å². The van der Waals surface area contributed by atoms with E-state index in [1.165, 1.54) is 51.5 Å². The number of carboxylic acids is 1. The van der Waals surface area contributed by atoms with E-state index >= 15 is 0 Å². The number of H-pyrrole nitrogens is 1. The van der Waals surface area contributed by atoms with Crippen molar-refractivity contribution in [2.45, 2.75) is 42.8 Å². The lowest BCUT2D eigenvalue weighted by Crippen LogP contribution is -2.74. The van der Waals surface area contributed by atoms with Crippen LogP contribution in [0.3, 0.4) is 0 Å². The fourth-order valence-electron chi connectivity index (χ4n) is 3.64. The topological polar surface area (TPSA) is 189 Å². The van der Waals surface area contributed by atoms with Crippen LogP contribution in [0.1, 0.15) is 26.5 Å². The number of carbonyl (C=O) groups is 4. The Morgan fingerprint density at radius 1 is 1.39 bits per heavy atom. The Hall–Kier alpha value is -3.18. The van der Waals surface area contributed by atoms with Gasteiger partial charge in [-0.1, -0.05) is 5.16 Å². The van der Waals surface area contributed by atoms with Crippen LogP contribution in [-0.4, -0.2) is 102 Å². The zero-order valence-corrected chi connectivity index (χ0v) is 23.0. The van der Waals surface area contributed by atoms with Gasteiger partial charge in [0.1, 0.15) is 33.2 Å². The van der Waals surface area contributed by atoms with Crippen molar-refractivity contribution in [2.75, 3.05) is 24.7 Å². The second-order valence-electron chi connectivity index (χ2n) is 9.47. The first-order valence-corrected chi connectivity index (χ1v) is 14.2. The lowest BCUT2D eigenvalue weighted by molar-refractivity contribution is -0.160. The number of nitrogens with one attached hydrogen (secondary N) is 2. The summed E-state index contributed by atoms with van der Waals surface area (Å²) in [7, 11) is 0. The number of hydrogen-bond acceptors (Lipinski definition) is 13. The van der Waals surface area contributed by atoms with Crippen LogP contribution in [0.4, 0.5) is 0 Å². The molecule has 2 aromatic heterocycles. The van der Waals surface area contributed by atoms with Gasteiger partial charge < -0.3 is 24.9 Å². The van der Waals surface area contributed by atoms with E-state index in [-0.39, 0.29) is 29.5 Å². The standard InChI is InChI=1S/C21H25N7O7S3/c1-20(2,3)35-13(29)5-34-26-14(11-6-36-10-22-11)16(30)24-15-17(31)28-7-21(19(32)33,9-38-18(15)28)8-37-12-4-23-27-25-12/h4,6,10,15,18H,5,7-9H2,1-3H3,(H,24,30)(H,32,33)(H,23,25,27)/t15?,18-,21?/m1/s1. The zero-order chi connectivity index (χ0) is 27.5. The molecule has 14 nitrogen and oxygen atoms in total. The zero-order valence-electron chi connectivity index (χ0n) is 20.6. The van der Waals surface area contributed by atoms with Gasteiger partial charge in [0.2, 0.25) is 12.5 Å². The number of oxime groups is 1. The summed E-state index contributed by atoms with van der Waals surface area (Å²) < 4.78 is 5.16. The van der Waals surface area contributed by atoms with Gasteiger partial charge in [-0.25, -0.2) is 9.78 Å². The average molecular weight is 584 g/mol. The first-order chi connectivity index (χ1) is 18.0. The summed E-state index contributed by atoms with van der Waals surface area (Å²) in [5.74, 6) is -2.35. The molecule has 0 spiro atoms.